The minimum Gasteiger partial charge on any atom is -0.504 e. The van der Waals surface area contributed by atoms with Gasteiger partial charge in [-0.05, 0) is 17.7 Å². The van der Waals surface area contributed by atoms with Crippen LogP contribution in [0.5, 0.6) is 11.5 Å². The minimum atomic E-state index is -0.653. The molecule has 1 rings (SSSR count). The topological polar surface area (TPSA) is 49.7 Å². The lowest BCUT2D eigenvalue weighted by Gasteiger charge is -2.16. The van der Waals surface area contributed by atoms with Gasteiger partial charge in [0.2, 0.25) is 0 Å². The lowest BCUT2D eigenvalue weighted by atomic mass is 9.97. The van der Waals surface area contributed by atoms with Gasteiger partial charge in [-0.3, -0.25) is 0 Å². The largest absolute Gasteiger partial charge is 0.504 e. The van der Waals surface area contributed by atoms with Crippen LogP contribution in [0.4, 0.5) is 0 Å². The lowest BCUT2D eigenvalue weighted by Crippen LogP contribution is -2.06. The van der Waals surface area contributed by atoms with Crippen LogP contribution in [0, 0.1) is 5.92 Å². The summed E-state index contributed by atoms with van der Waals surface area (Å²) in [5.74, 6) is 0.375. The second kappa shape index (κ2) is 4.84. The average molecular weight is 208 g/mol. The molecule has 3 heteroatoms. The van der Waals surface area contributed by atoms with Crippen LogP contribution in [0.2, 0.25) is 0 Å². The minimum absolute atomic E-state index is 0.0327. The van der Waals surface area contributed by atoms with Crippen LogP contribution in [-0.2, 0) is 0 Å². The van der Waals surface area contributed by atoms with Gasteiger partial charge >= 0.3 is 0 Å². The Labute approximate surface area is 89.6 Å². The fourth-order valence-electron chi connectivity index (χ4n) is 1.32. The number of aliphatic hydroxyl groups is 1. The van der Waals surface area contributed by atoms with Gasteiger partial charge in [-0.2, -0.15) is 0 Å². The predicted octanol–water partition coefficient (Wildman–Crippen LogP) is 2.26. The summed E-state index contributed by atoms with van der Waals surface area (Å²) >= 11 is 0. The summed E-state index contributed by atoms with van der Waals surface area (Å²) < 4.78 is 4.91. The Morgan fingerprint density at radius 2 is 2.13 bits per heavy atom. The molecule has 0 aromatic heterocycles. The van der Waals surface area contributed by atoms with Crippen LogP contribution in [0.1, 0.15) is 18.6 Å². The SMILES string of the molecule is C=C[C@H](C)[C@@H](O)c1ccc(OC)c(O)c1. The highest BCUT2D eigenvalue weighted by atomic mass is 16.5. The number of phenolic OH excluding ortho intramolecular Hbond substituents is 1. The van der Waals surface area contributed by atoms with Crippen molar-refractivity contribution in [2.75, 3.05) is 7.11 Å². The van der Waals surface area contributed by atoms with E-state index in [1.54, 1.807) is 18.2 Å². The molecule has 0 aliphatic heterocycles. The van der Waals surface area contributed by atoms with Crippen LogP contribution < -0.4 is 4.74 Å². The van der Waals surface area contributed by atoms with E-state index in [0.29, 0.717) is 11.3 Å². The Hall–Kier alpha value is -1.48. The molecule has 0 aliphatic rings. The number of hydrogen-bond acceptors (Lipinski definition) is 3. The zero-order valence-corrected chi connectivity index (χ0v) is 8.97. The van der Waals surface area contributed by atoms with E-state index in [1.165, 1.54) is 13.2 Å². The first kappa shape index (κ1) is 11.6. The fourth-order valence-corrected chi connectivity index (χ4v) is 1.32. The van der Waals surface area contributed by atoms with Gasteiger partial charge in [-0.1, -0.05) is 19.1 Å². The van der Waals surface area contributed by atoms with E-state index in [0.717, 1.165) is 0 Å². The van der Waals surface area contributed by atoms with Crippen LogP contribution in [0.25, 0.3) is 0 Å². The van der Waals surface area contributed by atoms with E-state index in [9.17, 15) is 10.2 Å². The molecule has 0 unspecified atom stereocenters. The molecule has 0 heterocycles. The van der Waals surface area contributed by atoms with Crippen molar-refractivity contribution in [3.8, 4) is 11.5 Å². The molecule has 0 amide bonds. The lowest BCUT2D eigenvalue weighted by molar-refractivity contribution is 0.139. The van der Waals surface area contributed by atoms with Crippen LogP contribution in [0.15, 0.2) is 30.9 Å². The van der Waals surface area contributed by atoms with Gasteiger partial charge < -0.3 is 14.9 Å². The van der Waals surface area contributed by atoms with Gasteiger partial charge in [-0.25, -0.2) is 0 Å². The van der Waals surface area contributed by atoms with E-state index in [4.69, 9.17) is 4.74 Å². The van der Waals surface area contributed by atoms with Gasteiger partial charge in [0.05, 0.1) is 13.2 Å². The molecule has 2 N–H and O–H groups in total. The molecule has 0 fully saturated rings. The smallest absolute Gasteiger partial charge is 0.160 e. The third-order valence-electron chi connectivity index (χ3n) is 2.41. The Kier molecular flexibility index (Phi) is 3.74. The van der Waals surface area contributed by atoms with Gasteiger partial charge in [0, 0.05) is 5.92 Å². The first-order valence-corrected chi connectivity index (χ1v) is 4.77. The monoisotopic (exact) mass is 208 g/mol. The van der Waals surface area contributed by atoms with Crippen molar-refractivity contribution in [1.29, 1.82) is 0 Å². The van der Waals surface area contributed by atoms with Gasteiger partial charge in [0.15, 0.2) is 11.5 Å². The van der Waals surface area contributed by atoms with Crippen molar-refractivity contribution in [2.24, 2.45) is 5.92 Å². The van der Waals surface area contributed by atoms with Crippen molar-refractivity contribution >= 4 is 0 Å². The fraction of sp³-hybridized carbons (Fsp3) is 0.333. The molecule has 82 valence electrons. The van der Waals surface area contributed by atoms with Crippen molar-refractivity contribution in [3.05, 3.63) is 36.4 Å². The van der Waals surface area contributed by atoms with E-state index in [2.05, 4.69) is 6.58 Å². The van der Waals surface area contributed by atoms with Crippen molar-refractivity contribution in [3.63, 3.8) is 0 Å². The summed E-state index contributed by atoms with van der Waals surface area (Å²) in [5.41, 5.74) is 0.653. The quantitative estimate of drug-likeness (QED) is 0.746. The number of rotatable bonds is 4. The average Bonchev–Trinajstić information content (AvgIpc) is 2.26. The van der Waals surface area contributed by atoms with E-state index in [-0.39, 0.29) is 11.7 Å². The van der Waals surface area contributed by atoms with Crippen molar-refractivity contribution in [2.45, 2.75) is 13.0 Å². The van der Waals surface area contributed by atoms with Gasteiger partial charge in [0.1, 0.15) is 0 Å². The Balaban J connectivity index is 2.96. The first-order valence-electron chi connectivity index (χ1n) is 4.77. The maximum atomic E-state index is 9.85. The molecular formula is C12H16O3. The molecule has 1 aromatic rings. The van der Waals surface area contributed by atoms with Crippen molar-refractivity contribution < 1.29 is 14.9 Å². The maximum absolute atomic E-state index is 9.85. The molecule has 0 bridgehead atoms. The molecule has 1 aromatic carbocycles. The Bertz CT molecular complexity index is 347. The summed E-state index contributed by atoms with van der Waals surface area (Å²) in [6.07, 6.45) is 1.02. The zero-order chi connectivity index (χ0) is 11.4. The summed E-state index contributed by atoms with van der Waals surface area (Å²) in [7, 11) is 1.48. The highest BCUT2D eigenvalue weighted by molar-refractivity contribution is 5.42. The van der Waals surface area contributed by atoms with E-state index < -0.39 is 6.10 Å². The number of hydrogen-bond donors (Lipinski definition) is 2. The van der Waals surface area contributed by atoms with Crippen molar-refractivity contribution in [1.82, 2.24) is 0 Å². The number of phenols is 1. The molecular weight excluding hydrogens is 192 g/mol. The zero-order valence-electron chi connectivity index (χ0n) is 8.97. The third kappa shape index (κ3) is 2.50. The second-order valence-corrected chi connectivity index (χ2v) is 3.47. The van der Waals surface area contributed by atoms with E-state index in [1.807, 2.05) is 6.92 Å². The number of ether oxygens (including phenoxy) is 1. The standard InChI is InChI=1S/C12H16O3/c1-4-8(2)12(14)9-5-6-11(15-3)10(13)7-9/h4-8,12-14H,1H2,2-3H3/t8-,12+/m0/s1. The van der Waals surface area contributed by atoms with Gasteiger partial charge in [-0.15, -0.1) is 6.58 Å². The summed E-state index contributed by atoms with van der Waals surface area (Å²) in [4.78, 5) is 0. The summed E-state index contributed by atoms with van der Waals surface area (Å²) in [6, 6.07) is 4.86. The maximum Gasteiger partial charge on any atom is 0.160 e. The number of benzene rings is 1. The molecule has 2 atom stereocenters. The highest BCUT2D eigenvalue weighted by Gasteiger charge is 2.15. The van der Waals surface area contributed by atoms with Gasteiger partial charge in [0.25, 0.3) is 0 Å². The van der Waals surface area contributed by atoms with Crippen LogP contribution >= 0.6 is 0 Å². The number of aromatic hydroxyl groups is 1. The molecule has 0 radical (unpaired) electrons. The molecule has 15 heavy (non-hydrogen) atoms. The molecule has 0 saturated carbocycles. The Morgan fingerprint density at radius 3 is 2.60 bits per heavy atom. The predicted molar refractivity (Wildman–Crippen MR) is 59.0 cm³/mol. The summed E-state index contributed by atoms with van der Waals surface area (Å²) in [5, 5.41) is 19.4. The number of aliphatic hydroxyl groups excluding tert-OH is 1. The van der Waals surface area contributed by atoms with Crippen LogP contribution in [0.3, 0.4) is 0 Å². The second-order valence-electron chi connectivity index (χ2n) is 3.47. The molecule has 0 aliphatic carbocycles. The number of methoxy groups -OCH3 is 1. The first-order chi connectivity index (χ1) is 7.10. The molecule has 0 spiro atoms. The molecule has 3 nitrogen and oxygen atoms in total. The van der Waals surface area contributed by atoms with E-state index >= 15 is 0 Å². The summed E-state index contributed by atoms with van der Waals surface area (Å²) in [6.45, 7) is 5.48. The highest BCUT2D eigenvalue weighted by Crippen LogP contribution is 2.31. The molecule has 0 saturated heterocycles. The third-order valence-corrected chi connectivity index (χ3v) is 2.41. The van der Waals surface area contributed by atoms with Crippen LogP contribution in [-0.4, -0.2) is 17.3 Å². The normalized spacial score (nSPS) is 14.3. The Morgan fingerprint density at radius 1 is 1.47 bits per heavy atom.